The molecule has 2 aromatic carbocycles. The fraction of sp³-hybridized carbons (Fsp3) is 0.136. The summed E-state index contributed by atoms with van der Waals surface area (Å²) < 4.78 is 5.56. The van der Waals surface area contributed by atoms with E-state index in [0.717, 1.165) is 10.9 Å². The summed E-state index contributed by atoms with van der Waals surface area (Å²) in [6, 6.07) is 14.8. The van der Waals surface area contributed by atoms with Crippen LogP contribution in [0.3, 0.4) is 0 Å². The minimum absolute atomic E-state index is 0.0757. The van der Waals surface area contributed by atoms with E-state index in [1.807, 2.05) is 19.9 Å². The van der Waals surface area contributed by atoms with Crippen molar-refractivity contribution >= 4 is 33.5 Å². The molecule has 0 aliphatic carbocycles. The van der Waals surface area contributed by atoms with Gasteiger partial charge in [0.05, 0.1) is 10.9 Å². The van der Waals surface area contributed by atoms with E-state index in [2.05, 4.69) is 10.3 Å². The van der Waals surface area contributed by atoms with Crippen molar-refractivity contribution in [1.82, 2.24) is 4.98 Å². The van der Waals surface area contributed by atoms with Crippen LogP contribution in [-0.4, -0.2) is 10.9 Å². The minimum Gasteiger partial charge on any atom is -0.451 e. The normalized spacial score (nSPS) is 11.2. The van der Waals surface area contributed by atoms with Gasteiger partial charge in [0.2, 0.25) is 5.56 Å². The zero-order chi connectivity index (χ0) is 19.8. The molecule has 0 fully saturated rings. The van der Waals surface area contributed by atoms with E-state index < -0.39 is 5.91 Å². The van der Waals surface area contributed by atoms with Crippen molar-refractivity contribution in [2.45, 2.75) is 19.8 Å². The Kier molecular flexibility index (Phi) is 4.31. The summed E-state index contributed by atoms with van der Waals surface area (Å²) in [4.78, 5) is 39.5. The van der Waals surface area contributed by atoms with Gasteiger partial charge in [-0.1, -0.05) is 32.0 Å². The molecule has 2 heterocycles. The highest BCUT2D eigenvalue weighted by molar-refractivity contribution is 6.04. The maximum Gasteiger partial charge on any atom is 0.291 e. The van der Waals surface area contributed by atoms with Gasteiger partial charge in [0.25, 0.3) is 5.91 Å². The van der Waals surface area contributed by atoms with E-state index in [1.165, 1.54) is 6.07 Å². The molecule has 28 heavy (non-hydrogen) atoms. The van der Waals surface area contributed by atoms with Crippen LogP contribution in [0, 0.1) is 0 Å². The maximum atomic E-state index is 12.6. The first-order valence-electron chi connectivity index (χ1n) is 8.93. The number of aromatic amines is 1. The molecule has 6 nitrogen and oxygen atoms in total. The quantitative estimate of drug-likeness (QED) is 0.567. The van der Waals surface area contributed by atoms with Crippen molar-refractivity contribution in [2.75, 3.05) is 5.32 Å². The lowest BCUT2D eigenvalue weighted by molar-refractivity contribution is 0.0997. The number of fused-ring (bicyclic) bond motifs is 2. The fourth-order valence-corrected chi connectivity index (χ4v) is 3.25. The van der Waals surface area contributed by atoms with Gasteiger partial charge in [-0.25, -0.2) is 0 Å². The van der Waals surface area contributed by atoms with Gasteiger partial charge in [-0.3, -0.25) is 14.4 Å². The lowest BCUT2D eigenvalue weighted by Crippen LogP contribution is -2.15. The Morgan fingerprint density at radius 3 is 2.57 bits per heavy atom. The van der Waals surface area contributed by atoms with Crippen LogP contribution in [0.1, 0.15) is 35.9 Å². The molecule has 0 saturated carbocycles. The Bertz CT molecular complexity index is 1330. The SMILES string of the molecule is CC(C)c1cc(=O)[nH]c2cc(NC(=O)c3cc(=O)c4ccccc4o3)ccc12. The van der Waals surface area contributed by atoms with Crippen LogP contribution in [0.5, 0.6) is 0 Å². The molecular formula is C22H18N2O4. The molecule has 140 valence electrons. The standard InChI is InChI=1S/C22H18N2O4/c1-12(2)16-10-21(26)24-17-9-13(7-8-14(16)17)23-22(27)20-11-18(25)15-5-3-4-6-19(15)28-20/h3-12H,1-2H3,(H,23,27)(H,24,26). The molecule has 0 unspecified atom stereocenters. The third-order valence-electron chi connectivity index (χ3n) is 4.61. The average Bonchev–Trinajstić information content (AvgIpc) is 2.67. The highest BCUT2D eigenvalue weighted by Crippen LogP contribution is 2.25. The third kappa shape index (κ3) is 3.20. The largest absolute Gasteiger partial charge is 0.451 e. The molecule has 0 bridgehead atoms. The molecule has 0 spiro atoms. The Morgan fingerprint density at radius 1 is 1.00 bits per heavy atom. The topological polar surface area (TPSA) is 92.2 Å². The monoisotopic (exact) mass is 374 g/mol. The zero-order valence-corrected chi connectivity index (χ0v) is 15.4. The number of hydrogen-bond acceptors (Lipinski definition) is 4. The number of hydrogen-bond donors (Lipinski definition) is 2. The van der Waals surface area contributed by atoms with Gasteiger partial charge in [-0.15, -0.1) is 0 Å². The van der Waals surface area contributed by atoms with Gasteiger partial charge in [0.15, 0.2) is 11.2 Å². The van der Waals surface area contributed by atoms with Gasteiger partial charge >= 0.3 is 0 Å². The summed E-state index contributed by atoms with van der Waals surface area (Å²) in [5.74, 6) is -0.421. The lowest BCUT2D eigenvalue weighted by Gasteiger charge is -2.11. The molecule has 2 N–H and O–H groups in total. The van der Waals surface area contributed by atoms with Crippen LogP contribution < -0.4 is 16.3 Å². The zero-order valence-electron chi connectivity index (χ0n) is 15.4. The van der Waals surface area contributed by atoms with Gasteiger partial charge in [-0.05, 0) is 35.7 Å². The van der Waals surface area contributed by atoms with Crippen LogP contribution in [0.25, 0.3) is 21.9 Å². The number of H-pyrrole nitrogens is 1. The number of benzene rings is 2. The van der Waals surface area contributed by atoms with E-state index in [4.69, 9.17) is 4.42 Å². The van der Waals surface area contributed by atoms with Gasteiger partial charge < -0.3 is 14.7 Å². The number of pyridine rings is 1. The van der Waals surface area contributed by atoms with Crippen molar-refractivity contribution in [3.05, 3.63) is 86.5 Å². The first kappa shape index (κ1) is 17.7. The first-order valence-corrected chi connectivity index (χ1v) is 8.93. The van der Waals surface area contributed by atoms with Crippen molar-refractivity contribution in [2.24, 2.45) is 0 Å². The van der Waals surface area contributed by atoms with E-state index in [-0.39, 0.29) is 22.7 Å². The van der Waals surface area contributed by atoms with E-state index in [1.54, 1.807) is 42.5 Å². The molecule has 4 aromatic rings. The van der Waals surface area contributed by atoms with Crippen molar-refractivity contribution in [3.63, 3.8) is 0 Å². The molecule has 0 saturated heterocycles. The molecule has 2 aromatic heterocycles. The Balaban J connectivity index is 1.71. The highest BCUT2D eigenvalue weighted by atomic mass is 16.3. The molecule has 4 rings (SSSR count). The van der Waals surface area contributed by atoms with Crippen LogP contribution in [0.4, 0.5) is 5.69 Å². The summed E-state index contributed by atoms with van der Waals surface area (Å²) in [5, 5.41) is 4.06. The number of amides is 1. The maximum absolute atomic E-state index is 12.6. The molecule has 0 aliphatic rings. The van der Waals surface area contributed by atoms with Gasteiger partial charge in [0.1, 0.15) is 5.58 Å². The average molecular weight is 374 g/mol. The fourth-order valence-electron chi connectivity index (χ4n) is 3.25. The van der Waals surface area contributed by atoms with Crippen LogP contribution >= 0.6 is 0 Å². The number of nitrogens with one attached hydrogen (secondary N) is 2. The summed E-state index contributed by atoms with van der Waals surface area (Å²) in [6.07, 6.45) is 0. The second-order valence-electron chi connectivity index (χ2n) is 6.93. The number of carbonyl (C=O) groups is 1. The summed E-state index contributed by atoms with van der Waals surface area (Å²) in [7, 11) is 0. The first-order chi connectivity index (χ1) is 13.4. The Morgan fingerprint density at radius 2 is 1.79 bits per heavy atom. The Labute approximate surface area is 159 Å². The van der Waals surface area contributed by atoms with Crippen molar-refractivity contribution < 1.29 is 9.21 Å². The van der Waals surface area contributed by atoms with Crippen LogP contribution in [0.15, 0.2) is 68.6 Å². The van der Waals surface area contributed by atoms with Crippen molar-refractivity contribution in [3.8, 4) is 0 Å². The van der Waals surface area contributed by atoms with E-state index in [0.29, 0.717) is 22.2 Å². The highest BCUT2D eigenvalue weighted by Gasteiger charge is 2.14. The van der Waals surface area contributed by atoms with Gasteiger partial charge in [-0.2, -0.15) is 0 Å². The van der Waals surface area contributed by atoms with Crippen molar-refractivity contribution in [1.29, 1.82) is 0 Å². The summed E-state index contributed by atoms with van der Waals surface area (Å²) in [5.41, 5.74) is 1.94. The Hall–Kier alpha value is -3.67. The number of para-hydroxylation sites is 1. The number of rotatable bonds is 3. The molecular weight excluding hydrogens is 356 g/mol. The molecule has 0 aliphatic heterocycles. The minimum atomic E-state index is -0.537. The van der Waals surface area contributed by atoms with Crippen LogP contribution in [-0.2, 0) is 0 Å². The number of anilines is 1. The second kappa shape index (κ2) is 6.81. The number of aromatic nitrogens is 1. The molecule has 6 heteroatoms. The van der Waals surface area contributed by atoms with E-state index in [9.17, 15) is 14.4 Å². The van der Waals surface area contributed by atoms with Gasteiger partial charge in [0, 0.05) is 23.2 Å². The molecule has 0 radical (unpaired) electrons. The lowest BCUT2D eigenvalue weighted by atomic mass is 9.99. The smallest absolute Gasteiger partial charge is 0.291 e. The number of carbonyl (C=O) groups excluding carboxylic acids is 1. The predicted octanol–water partition coefficient (Wildman–Crippen LogP) is 4.01. The summed E-state index contributed by atoms with van der Waals surface area (Å²) >= 11 is 0. The van der Waals surface area contributed by atoms with Crippen LogP contribution in [0.2, 0.25) is 0 Å². The predicted molar refractivity (Wildman–Crippen MR) is 109 cm³/mol. The van der Waals surface area contributed by atoms with E-state index >= 15 is 0 Å². The second-order valence-corrected chi connectivity index (χ2v) is 6.93. The third-order valence-corrected chi connectivity index (χ3v) is 4.61. The summed E-state index contributed by atoms with van der Waals surface area (Å²) in [6.45, 7) is 4.04. The molecule has 0 atom stereocenters. The molecule has 1 amide bonds.